The minimum absolute atomic E-state index is 0.155. The van der Waals surface area contributed by atoms with Crippen LogP contribution in [-0.4, -0.2) is 23.8 Å². The van der Waals surface area contributed by atoms with Gasteiger partial charge < -0.3 is 20.9 Å². The third-order valence-corrected chi connectivity index (χ3v) is 5.99. The van der Waals surface area contributed by atoms with E-state index >= 15 is 0 Å². The van der Waals surface area contributed by atoms with E-state index < -0.39 is 0 Å². The predicted molar refractivity (Wildman–Crippen MR) is 157 cm³/mol. The average molecular weight is 509 g/mol. The Kier molecular flexibility index (Phi) is 8.64. The second-order valence-corrected chi connectivity index (χ2v) is 9.77. The van der Waals surface area contributed by atoms with Crippen LogP contribution in [0.25, 0.3) is 10.8 Å². The predicted octanol–water partition coefficient (Wildman–Crippen LogP) is 6.23. The molecule has 6 nitrogen and oxygen atoms in total. The number of nitrogens with two attached hydrogens (primary N) is 2. The van der Waals surface area contributed by atoms with E-state index in [1.807, 2.05) is 76.2 Å². The van der Waals surface area contributed by atoms with E-state index in [0.717, 1.165) is 44.5 Å². The number of nitrogens with zero attached hydrogens (tertiary/aromatic N) is 2. The molecule has 4 rings (SSSR count). The fraction of sp³-hybridized carbons (Fsp3) is 0.250. The number of benzene rings is 4. The van der Waals surface area contributed by atoms with Gasteiger partial charge in [-0.2, -0.15) is 0 Å². The summed E-state index contributed by atoms with van der Waals surface area (Å²) in [7, 11) is 0. The summed E-state index contributed by atoms with van der Waals surface area (Å²) in [4.78, 5) is 8.80. The fourth-order valence-electron chi connectivity index (χ4n) is 4.16. The molecule has 0 aliphatic rings. The zero-order valence-electron chi connectivity index (χ0n) is 22.5. The van der Waals surface area contributed by atoms with Gasteiger partial charge in [0.15, 0.2) is 0 Å². The van der Waals surface area contributed by atoms with Crippen LogP contribution in [0, 0.1) is 0 Å². The van der Waals surface area contributed by atoms with Crippen LogP contribution >= 0.6 is 0 Å². The normalized spacial score (nSPS) is 12.4. The number of rotatable bonds is 10. The van der Waals surface area contributed by atoms with Gasteiger partial charge in [0, 0.05) is 23.2 Å². The molecule has 0 unspecified atom stereocenters. The molecule has 4 aromatic rings. The van der Waals surface area contributed by atoms with Crippen molar-refractivity contribution in [3.63, 3.8) is 0 Å². The van der Waals surface area contributed by atoms with Gasteiger partial charge in [0.25, 0.3) is 0 Å². The van der Waals surface area contributed by atoms with Crippen molar-refractivity contribution in [3.8, 4) is 11.5 Å². The highest BCUT2D eigenvalue weighted by Gasteiger charge is 2.08. The molecular formula is C32H36N4O2. The topological polar surface area (TPSA) is 95.2 Å². The van der Waals surface area contributed by atoms with E-state index in [1.165, 1.54) is 0 Å². The number of amidine groups is 2. The Hall–Kier alpha value is -4.32. The quantitative estimate of drug-likeness (QED) is 0.196. The van der Waals surface area contributed by atoms with Crippen LogP contribution in [0.15, 0.2) is 94.9 Å². The van der Waals surface area contributed by atoms with E-state index in [-0.39, 0.29) is 12.1 Å². The molecule has 0 saturated carbocycles. The Morgan fingerprint density at radius 2 is 0.947 bits per heavy atom. The first-order chi connectivity index (χ1) is 18.3. The lowest BCUT2D eigenvalue weighted by Gasteiger charge is -2.13. The Morgan fingerprint density at radius 3 is 1.29 bits per heavy atom. The second-order valence-electron chi connectivity index (χ2n) is 9.77. The minimum atomic E-state index is 0.155. The lowest BCUT2D eigenvalue weighted by atomic mass is 10.0. The molecule has 4 N–H and O–H groups in total. The minimum Gasteiger partial charge on any atom is -0.489 e. The Balaban J connectivity index is 1.44. The van der Waals surface area contributed by atoms with Crippen LogP contribution < -0.4 is 20.9 Å². The molecule has 0 aromatic heterocycles. The van der Waals surface area contributed by atoms with Crippen molar-refractivity contribution in [3.05, 3.63) is 107 Å². The number of hydrogen-bond acceptors (Lipinski definition) is 4. The van der Waals surface area contributed by atoms with Gasteiger partial charge >= 0.3 is 0 Å². The smallest absolute Gasteiger partial charge is 0.125 e. The van der Waals surface area contributed by atoms with Gasteiger partial charge in [-0.25, -0.2) is 0 Å². The highest BCUT2D eigenvalue weighted by atomic mass is 16.5. The van der Waals surface area contributed by atoms with Gasteiger partial charge in [0.2, 0.25) is 0 Å². The van der Waals surface area contributed by atoms with Crippen LogP contribution in [0.1, 0.15) is 49.9 Å². The molecule has 6 heteroatoms. The SMILES string of the molecule is CC(C)N=C(N)c1ccc(OCc2cccc3c(COc4ccc(C(N)=NC(C)C)cc4)cccc23)cc1. The van der Waals surface area contributed by atoms with E-state index in [4.69, 9.17) is 20.9 Å². The molecule has 38 heavy (non-hydrogen) atoms. The lowest BCUT2D eigenvalue weighted by Crippen LogP contribution is -2.15. The molecule has 0 atom stereocenters. The van der Waals surface area contributed by atoms with E-state index in [1.54, 1.807) is 0 Å². The molecule has 0 radical (unpaired) electrons. The third-order valence-electron chi connectivity index (χ3n) is 5.99. The zero-order chi connectivity index (χ0) is 27.1. The summed E-state index contributed by atoms with van der Waals surface area (Å²) in [5.74, 6) is 2.64. The first-order valence-corrected chi connectivity index (χ1v) is 12.9. The molecule has 196 valence electrons. The van der Waals surface area contributed by atoms with Gasteiger partial charge in [-0.15, -0.1) is 0 Å². The Morgan fingerprint density at radius 1 is 0.579 bits per heavy atom. The molecule has 0 aliphatic carbocycles. The van der Waals surface area contributed by atoms with Crippen molar-refractivity contribution in [1.29, 1.82) is 0 Å². The van der Waals surface area contributed by atoms with Crippen LogP contribution in [0.4, 0.5) is 0 Å². The molecule has 0 fully saturated rings. The van der Waals surface area contributed by atoms with Gasteiger partial charge in [-0.1, -0.05) is 36.4 Å². The van der Waals surface area contributed by atoms with Gasteiger partial charge in [0.1, 0.15) is 36.4 Å². The van der Waals surface area contributed by atoms with Crippen LogP contribution in [0.2, 0.25) is 0 Å². The zero-order valence-corrected chi connectivity index (χ0v) is 22.5. The van der Waals surface area contributed by atoms with E-state index in [0.29, 0.717) is 24.9 Å². The van der Waals surface area contributed by atoms with Crippen molar-refractivity contribution in [1.82, 2.24) is 0 Å². The van der Waals surface area contributed by atoms with E-state index in [2.05, 4.69) is 46.4 Å². The Labute approximate surface area is 225 Å². The van der Waals surface area contributed by atoms with Crippen molar-refractivity contribution in [2.75, 3.05) is 0 Å². The summed E-state index contributed by atoms with van der Waals surface area (Å²) in [6.45, 7) is 8.93. The monoisotopic (exact) mass is 508 g/mol. The van der Waals surface area contributed by atoms with Crippen LogP contribution in [0.3, 0.4) is 0 Å². The van der Waals surface area contributed by atoms with Crippen LogP contribution in [-0.2, 0) is 13.2 Å². The summed E-state index contributed by atoms with van der Waals surface area (Å²) in [6.07, 6.45) is 0. The fourth-order valence-corrected chi connectivity index (χ4v) is 4.16. The molecule has 0 heterocycles. The summed E-state index contributed by atoms with van der Waals surface area (Å²) in [6, 6.07) is 28.3. The molecule has 0 spiro atoms. The number of hydrogen-bond donors (Lipinski definition) is 2. The van der Waals surface area contributed by atoms with Gasteiger partial charge in [0.05, 0.1) is 0 Å². The maximum Gasteiger partial charge on any atom is 0.125 e. The first-order valence-electron chi connectivity index (χ1n) is 12.9. The van der Waals surface area contributed by atoms with Gasteiger partial charge in [-0.05, 0) is 98.1 Å². The third kappa shape index (κ3) is 6.91. The summed E-state index contributed by atoms with van der Waals surface area (Å²) < 4.78 is 12.2. The van der Waals surface area contributed by atoms with Gasteiger partial charge in [-0.3, -0.25) is 9.98 Å². The standard InChI is InChI=1S/C32H36N4O2/c1-21(2)35-31(33)23-11-15-27(16-12-23)37-19-25-7-5-10-30-26(8-6-9-29(25)30)20-38-28-17-13-24(14-18-28)32(34)36-22(3)4/h5-18,21-22H,19-20H2,1-4H3,(H2,33,35)(H2,34,36). The maximum absolute atomic E-state index is 6.11. The van der Waals surface area contributed by atoms with Crippen molar-refractivity contribution in [2.24, 2.45) is 21.5 Å². The number of ether oxygens (including phenoxy) is 2. The second kappa shape index (κ2) is 12.3. The van der Waals surface area contributed by atoms with E-state index in [9.17, 15) is 0 Å². The molecule has 0 saturated heterocycles. The summed E-state index contributed by atoms with van der Waals surface area (Å²) >= 11 is 0. The Bertz CT molecular complexity index is 1310. The average Bonchev–Trinajstić information content (AvgIpc) is 2.90. The first kappa shape index (κ1) is 26.7. The van der Waals surface area contributed by atoms with Crippen molar-refractivity contribution in [2.45, 2.75) is 53.0 Å². The highest BCUT2D eigenvalue weighted by molar-refractivity contribution is 5.98. The summed E-state index contributed by atoms with van der Waals surface area (Å²) in [5, 5.41) is 2.29. The molecule has 4 aromatic carbocycles. The molecular weight excluding hydrogens is 472 g/mol. The van der Waals surface area contributed by atoms with Crippen molar-refractivity contribution >= 4 is 22.4 Å². The largest absolute Gasteiger partial charge is 0.489 e. The lowest BCUT2D eigenvalue weighted by molar-refractivity contribution is 0.306. The van der Waals surface area contributed by atoms with Crippen molar-refractivity contribution < 1.29 is 9.47 Å². The molecule has 0 bridgehead atoms. The number of aliphatic imine (C=N–C) groups is 2. The highest BCUT2D eigenvalue weighted by Crippen LogP contribution is 2.25. The number of fused-ring (bicyclic) bond motifs is 1. The summed E-state index contributed by atoms with van der Waals surface area (Å²) in [5.41, 5.74) is 16.1. The molecule has 0 aliphatic heterocycles. The maximum atomic E-state index is 6.11. The van der Waals surface area contributed by atoms with Crippen LogP contribution in [0.5, 0.6) is 11.5 Å². The molecule has 0 amide bonds.